The molecule has 0 unspecified atom stereocenters. The molecule has 0 fully saturated rings. The molecule has 0 atom stereocenters. The van der Waals surface area contributed by atoms with Crippen LogP contribution in [0.1, 0.15) is 0 Å². The molecule has 50 valence electrons. The Bertz CT molecular complexity index is 45.0. The van der Waals surface area contributed by atoms with Crippen molar-refractivity contribution in [3.8, 4) is 0 Å². The Hall–Kier alpha value is 0.997. The number of urea groups is 1. The molecule has 0 aromatic heterocycles. The van der Waals surface area contributed by atoms with E-state index in [9.17, 15) is 0 Å². The molecule has 0 saturated heterocycles. The normalized spacial score (nSPS) is 3.00. The van der Waals surface area contributed by atoms with E-state index in [-0.39, 0.29) is 62.0 Å². The van der Waals surface area contributed by atoms with Gasteiger partial charge in [-0.1, -0.05) is 0 Å². The van der Waals surface area contributed by atoms with Gasteiger partial charge in [-0.25, -0.2) is 4.79 Å². The summed E-state index contributed by atoms with van der Waals surface area (Å²) < 4.78 is 0. The molecule has 0 aliphatic carbocycles. The van der Waals surface area contributed by atoms with Crippen molar-refractivity contribution in [2.45, 2.75) is 0 Å². The summed E-state index contributed by atoms with van der Waals surface area (Å²) in [6.45, 7) is 0. The van der Waals surface area contributed by atoms with Gasteiger partial charge in [0.1, 0.15) is 0 Å². The predicted molar refractivity (Wildman–Crippen MR) is 23.7 cm³/mol. The third-order valence-electron chi connectivity index (χ3n) is 0. The van der Waals surface area contributed by atoms with E-state index in [4.69, 9.17) is 4.79 Å². The molecule has 0 aromatic carbocycles. The second-order valence-corrected chi connectivity index (χ2v) is 0.402. The maximum atomic E-state index is 9.00. The molecule has 0 aliphatic rings. The Morgan fingerprint density at radius 1 is 1.25 bits per heavy atom. The number of hydrogen-bond donors (Lipinski definition) is 2. The topological polar surface area (TPSA) is 69.1 Å². The van der Waals surface area contributed by atoms with Crippen LogP contribution in [0.3, 0.4) is 0 Å². The maximum absolute atomic E-state index is 9.00. The van der Waals surface area contributed by atoms with Gasteiger partial charge in [-0.3, -0.25) is 0 Å². The Kier molecular flexibility index (Phi) is 110. The summed E-state index contributed by atoms with van der Waals surface area (Å²) in [6, 6.07) is -0.833. The first kappa shape index (κ1) is 36.0. The number of hydrogen-bond acceptors (Lipinski definition) is 1. The molecular weight excluding hydrogens is 251 g/mol. The maximum Gasteiger partial charge on any atom is 0.309 e. The van der Waals surface area contributed by atoms with Crippen molar-refractivity contribution in [1.29, 1.82) is 0 Å². The van der Waals surface area contributed by atoms with E-state index in [1.54, 1.807) is 0 Å². The van der Waals surface area contributed by atoms with Crippen molar-refractivity contribution >= 4 is 14.4 Å². The fourth-order valence-corrected chi connectivity index (χ4v) is 0. The Morgan fingerprint density at radius 2 is 1.25 bits per heavy atom. The van der Waals surface area contributed by atoms with E-state index in [0.29, 0.717) is 0 Å². The summed E-state index contributed by atoms with van der Waals surface area (Å²) in [5.41, 5.74) is 8.50. The van der Waals surface area contributed by atoms with E-state index < -0.39 is 6.03 Å². The van der Waals surface area contributed by atoms with Crippen LogP contribution >= 0.6 is 0 Å². The summed E-state index contributed by atoms with van der Waals surface area (Å²) in [5.74, 6) is 0. The fraction of sp³-hybridized carbons (Fsp3) is 0. The predicted octanol–water partition coefficient (Wildman–Crippen LogP) is -2.17. The summed E-state index contributed by atoms with van der Waals surface area (Å²) in [4.78, 5) is 9.00. The van der Waals surface area contributed by atoms with E-state index in [2.05, 4.69) is 11.5 Å². The molecule has 0 aromatic rings. The van der Waals surface area contributed by atoms with Gasteiger partial charge in [0.15, 0.2) is 0 Å². The van der Waals surface area contributed by atoms with Crippen molar-refractivity contribution in [2.24, 2.45) is 11.5 Å². The fourth-order valence-electron chi connectivity index (χ4n) is 0. The zero-order chi connectivity index (χ0) is 3.58. The molecule has 0 bridgehead atoms. The Balaban J connectivity index is -0.00000000750. The van der Waals surface area contributed by atoms with Crippen LogP contribution in [0.2, 0.25) is 0 Å². The molecule has 0 rings (SSSR count). The van der Waals surface area contributed by atoms with Gasteiger partial charge in [0, 0.05) is 53.6 Å². The van der Waals surface area contributed by atoms with Gasteiger partial charge >= 0.3 is 6.03 Å². The van der Waals surface area contributed by atoms with Crippen LogP contribution in [-0.2, 0) is 53.6 Å². The average molecular weight is 258 g/mol. The molecule has 2 amide bonds. The van der Waals surface area contributed by atoms with Crippen LogP contribution in [0.15, 0.2) is 0 Å². The molecule has 2 radical (unpaired) electrons. The van der Waals surface area contributed by atoms with Crippen LogP contribution in [0.5, 0.6) is 0 Å². The van der Waals surface area contributed by atoms with E-state index in [1.165, 1.54) is 0 Å². The van der Waals surface area contributed by atoms with Gasteiger partial charge in [-0.2, -0.15) is 0 Å². The number of carbonyl (C=O) groups excluding carboxylic acids is 1. The van der Waals surface area contributed by atoms with E-state index >= 15 is 0 Å². The minimum Gasteiger partial charge on any atom is -0.352 e. The first-order valence-electron chi connectivity index (χ1n) is 0.781. The SMILES string of the molecule is B.NC(N)=O.[Cu].[Mn].[Zn]. The van der Waals surface area contributed by atoms with Gasteiger partial charge in [0.2, 0.25) is 0 Å². The molecule has 8 heavy (non-hydrogen) atoms. The van der Waals surface area contributed by atoms with Crippen LogP contribution in [0.25, 0.3) is 0 Å². The average Bonchev–Trinajstić information content (AvgIpc) is 0.811. The van der Waals surface area contributed by atoms with Crippen molar-refractivity contribution in [3.05, 3.63) is 0 Å². The molecule has 0 heterocycles. The number of rotatable bonds is 0. The minimum absolute atomic E-state index is 0. The van der Waals surface area contributed by atoms with Crippen LogP contribution in [0.4, 0.5) is 4.79 Å². The Labute approximate surface area is 84.0 Å². The van der Waals surface area contributed by atoms with Crippen LogP contribution in [0, 0.1) is 0 Å². The monoisotopic (exact) mass is 256 g/mol. The molecule has 0 spiro atoms. The number of primary amides is 2. The van der Waals surface area contributed by atoms with Gasteiger partial charge in [0.05, 0.1) is 8.41 Å². The summed E-state index contributed by atoms with van der Waals surface area (Å²) in [5, 5.41) is 0. The molecular formula is CH7BCuMnN2OZn. The van der Waals surface area contributed by atoms with Crippen molar-refractivity contribution in [1.82, 2.24) is 0 Å². The summed E-state index contributed by atoms with van der Waals surface area (Å²) >= 11 is 0. The largest absolute Gasteiger partial charge is 0.352 e. The third kappa shape index (κ3) is 253. The third-order valence-corrected chi connectivity index (χ3v) is 0. The Morgan fingerprint density at radius 3 is 1.25 bits per heavy atom. The zero-order valence-electron chi connectivity index (χ0n) is 3.45. The van der Waals surface area contributed by atoms with Crippen LogP contribution in [-0.4, -0.2) is 14.4 Å². The number of carbonyl (C=O) groups is 1. The summed E-state index contributed by atoms with van der Waals surface area (Å²) in [6.07, 6.45) is 0. The quantitative estimate of drug-likeness (QED) is 0.477. The second kappa shape index (κ2) is 24.5. The smallest absolute Gasteiger partial charge is 0.309 e. The van der Waals surface area contributed by atoms with Crippen molar-refractivity contribution in [3.63, 3.8) is 0 Å². The van der Waals surface area contributed by atoms with Gasteiger partial charge in [-0.05, 0) is 0 Å². The number of nitrogens with two attached hydrogens (primary N) is 2. The van der Waals surface area contributed by atoms with Gasteiger partial charge in [-0.15, -0.1) is 0 Å². The molecule has 0 aliphatic heterocycles. The first-order chi connectivity index (χ1) is 1.73. The molecule has 3 nitrogen and oxygen atoms in total. The number of amides is 2. The molecule has 0 saturated carbocycles. The zero-order valence-corrected chi connectivity index (χ0v) is 8.54. The van der Waals surface area contributed by atoms with E-state index in [0.717, 1.165) is 0 Å². The first-order valence-corrected chi connectivity index (χ1v) is 0.781. The molecule has 7 heteroatoms. The summed E-state index contributed by atoms with van der Waals surface area (Å²) in [7, 11) is 0. The van der Waals surface area contributed by atoms with E-state index in [1.807, 2.05) is 0 Å². The van der Waals surface area contributed by atoms with Crippen molar-refractivity contribution in [2.75, 3.05) is 0 Å². The van der Waals surface area contributed by atoms with Crippen LogP contribution < -0.4 is 11.5 Å². The minimum atomic E-state index is -0.833. The standard InChI is InChI=1S/CH4N2O.BH3.Cu.Mn.Zn/c2-1(3)4;;;;/h(H4,2,3,4);1H3;;;. The molecule has 4 N–H and O–H groups in total. The van der Waals surface area contributed by atoms with Gasteiger partial charge in [0.25, 0.3) is 0 Å². The van der Waals surface area contributed by atoms with Gasteiger partial charge < -0.3 is 11.5 Å². The van der Waals surface area contributed by atoms with Crippen molar-refractivity contribution < 1.29 is 58.4 Å². The second-order valence-electron chi connectivity index (χ2n) is 0.402.